The van der Waals surface area contributed by atoms with Crippen molar-refractivity contribution < 1.29 is 4.79 Å². The number of Topliss-reactive ketones (excluding diaryl/α,β-unsaturated/α-hetero) is 1. The largest absolute Gasteiger partial charge is 0.293 e. The lowest BCUT2D eigenvalue weighted by atomic mass is 10.0. The fourth-order valence-corrected chi connectivity index (χ4v) is 3.75. The molecule has 0 unspecified atom stereocenters. The molecule has 2 aromatic rings. The maximum Gasteiger partial charge on any atom is 0.175 e. The summed E-state index contributed by atoms with van der Waals surface area (Å²) in [6, 6.07) is 10.4. The minimum Gasteiger partial charge on any atom is -0.293 e. The van der Waals surface area contributed by atoms with E-state index >= 15 is 0 Å². The van der Waals surface area contributed by atoms with Crippen LogP contribution in [0.5, 0.6) is 0 Å². The Hall–Kier alpha value is -0.930. The normalized spacial score (nSPS) is 14.6. The molecule has 0 amide bonds. The highest BCUT2D eigenvalue weighted by atomic mass is 79.9. The molecule has 1 saturated carbocycles. The summed E-state index contributed by atoms with van der Waals surface area (Å²) in [6.07, 6.45) is 3.15. The fourth-order valence-electron chi connectivity index (χ4n) is 2.26. The number of halogens is 1. The molecule has 0 N–H and O–H groups in total. The van der Waals surface area contributed by atoms with Gasteiger partial charge in [0, 0.05) is 15.3 Å². The standard InChI is InChI=1S/C16H15BrOS/c1-2-10-9-12(17)5-6-13(10)14-7-8-15(19-14)16(18)11-3-4-11/h5-9,11H,2-4H2,1H3. The average molecular weight is 335 g/mol. The van der Waals surface area contributed by atoms with Gasteiger partial charge >= 0.3 is 0 Å². The SMILES string of the molecule is CCc1cc(Br)ccc1-c1ccc(C(=O)C2CC2)s1. The van der Waals surface area contributed by atoms with Crippen LogP contribution in [0, 0.1) is 5.92 Å². The summed E-state index contributed by atoms with van der Waals surface area (Å²) >= 11 is 5.15. The molecule has 0 spiro atoms. The lowest BCUT2D eigenvalue weighted by Gasteiger charge is -2.06. The molecule has 3 heteroatoms. The Morgan fingerprint density at radius 3 is 2.79 bits per heavy atom. The molecule has 1 aliphatic carbocycles. The molecule has 1 aromatic heterocycles. The molecular formula is C16H15BrOS. The monoisotopic (exact) mass is 334 g/mol. The number of aryl methyl sites for hydroxylation is 1. The Kier molecular flexibility index (Phi) is 3.59. The fraction of sp³-hybridized carbons (Fsp3) is 0.312. The van der Waals surface area contributed by atoms with E-state index in [4.69, 9.17) is 0 Å². The van der Waals surface area contributed by atoms with Crippen molar-refractivity contribution >= 4 is 33.0 Å². The Bertz CT molecular complexity index is 625. The van der Waals surface area contributed by atoms with Gasteiger partial charge in [-0.2, -0.15) is 0 Å². The van der Waals surface area contributed by atoms with Crippen LogP contribution in [0.1, 0.15) is 35.0 Å². The van der Waals surface area contributed by atoms with E-state index in [1.807, 2.05) is 6.07 Å². The molecule has 1 aromatic carbocycles. The van der Waals surface area contributed by atoms with Crippen molar-refractivity contribution in [3.8, 4) is 10.4 Å². The number of carbonyl (C=O) groups is 1. The minimum atomic E-state index is 0.307. The molecule has 98 valence electrons. The highest BCUT2D eigenvalue weighted by molar-refractivity contribution is 9.10. The van der Waals surface area contributed by atoms with E-state index in [9.17, 15) is 4.79 Å². The van der Waals surface area contributed by atoms with Crippen molar-refractivity contribution in [3.05, 3.63) is 45.2 Å². The van der Waals surface area contributed by atoms with Gasteiger partial charge < -0.3 is 0 Å². The van der Waals surface area contributed by atoms with Crippen LogP contribution in [0.4, 0.5) is 0 Å². The van der Waals surface area contributed by atoms with Gasteiger partial charge in [0.15, 0.2) is 5.78 Å². The van der Waals surface area contributed by atoms with Crippen molar-refractivity contribution in [2.24, 2.45) is 5.92 Å². The topological polar surface area (TPSA) is 17.1 Å². The lowest BCUT2D eigenvalue weighted by molar-refractivity contribution is 0.0971. The summed E-state index contributed by atoms with van der Waals surface area (Å²) < 4.78 is 1.11. The van der Waals surface area contributed by atoms with Gasteiger partial charge in [-0.15, -0.1) is 11.3 Å². The Balaban J connectivity index is 1.96. The highest BCUT2D eigenvalue weighted by Crippen LogP contribution is 2.38. The number of rotatable bonds is 4. The maximum absolute atomic E-state index is 12.1. The zero-order valence-electron chi connectivity index (χ0n) is 10.8. The van der Waals surface area contributed by atoms with E-state index in [2.05, 4.69) is 47.1 Å². The van der Waals surface area contributed by atoms with Crippen molar-refractivity contribution in [1.29, 1.82) is 0 Å². The number of hydrogen-bond acceptors (Lipinski definition) is 2. The van der Waals surface area contributed by atoms with Crippen LogP contribution in [-0.4, -0.2) is 5.78 Å². The third-order valence-corrected chi connectivity index (χ3v) is 5.14. The van der Waals surface area contributed by atoms with Gasteiger partial charge in [-0.1, -0.05) is 28.9 Å². The predicted octanol–water partition coefficient (Wildman–Crippen LogP) is 5.33. The van der Waals surface area contributed by atoms with E-state index in [-0.39, 0.29) is 0 Å². The van der Waals surface area contributed by atoms with Crippen LogP contribution >= 0.6 is 27.3 Å². The lowest BCUT2D eigenvalue weighted by Crippen LogP contribution is -1.96. The van der Waals surface area contributed by atoms with E-state index in [1.165, 1.54) is 16.0 Å². The van der Waals surface area contributed by atoms with Gasteiger partial charge in [0.1, 0.15) is 0 Å². The van der Waals surface area contributed by atoms with Crippen molar-refractivity contribution in [3.63, 3.8) is 0 Å². The molecule has 19 heavy (non-hydrogen) atoms. The molecule has 1 fully saturated rings. The van der Waals surface area contributed by atoms with E-state index < -0.39 is 0 Å². The third kappa shape index (κ3) is 2.67. The van der Waals surface area contributed by atoms with E-state index in [0.29, 0.717) is 11.7 Å². The second kappa shape index (κ2) is 5.22. The first-order chi connectivity index (χ1) is 9.19. The van der Waals surface area contributed by atoms with Gasteiger partial charge in [-0.05, 0) is 54.7 Å². The second-order valence-corrected chi connectivity index (χ2v) is 6.96. The van der Waals surface area contributed by atoms with Crippen LogP contribution in [-0.2, 0) is 6.42 Å². The number of hydrogen-bond donors (Lipinski definition) is 0. The summed E-state index contributed by atoms with van der Waals surface area (Å²) in [5.41, 5.74) is 2.58. The number of benzene rings is 1. The molecule has 1 heterocycles. The molecule has 1 nitrogen and oxygen atoms in total. The Labute approximate surface area is 125 Å². The summed E-state index contributed by atoms with van der Waals surface area (Å²) in [7, 11) is 0. The van der Waals surface area contributed by atoms with Gasteiger partial charge in [-0.25, -0.2) is 0 Å². The molecule has 0 bridgehead atoms. The number of thiophene rings is 1. The zero-order valence-corrected chi connectivity index (χ0v) is 13.2. The Morgan fingerprint density at radius 1 is 1.32 bits per heavy atom. The zero-order chi connectivity index (χ0) is 13.4. The quantitative estimate of drug-likeness (QED) is 0.690. The van der Waals surface area contributed by atoms with Gasteiger partial charge in [-0.3, -0.25) is 4.79 Å². The first-order valence-electron chi connectivity index (χ1n) is 6.62. The highest BCUT2D eigenvalue weighted by Gasteiger charge is 2.31. The molecular weight excluding hydrogens is 320 g/mol. The maximum atomic E-state index is 12.1. The van der Waals surface area contributed by atoms with Crippen LogP contribution in [0.3, 0.4) is 0 Å². The summed E-state index contributed by atoms with van der Waals surface area (Å²) in [6.45, 7) is 2.16. The van der Waals surface area contributed by atoms with Crippen LogP contribution < -0.4 is 0 Å². The van der Waals surface area contributed by atoms with Gasteiger partial charge in [0.2, 0.25) is 0 Å². The Morgan fingerprint density at radius 2 is 2.11 bits per heavy atom. The van der Waals surface area contributed by atoms with Crippen LogP contribution in [0.25, 0.3) is 10.4 Å². The van der Waals surface area contributed by atoms with Crippen LogP contribution in [0.2, 0.25) is 0 Å². The summed E-state index contributed by atoms with van der Waals surface area (Å²) in [5, 5.41) is 0. The first-order valence-corrected chi connectivity index (χ1v) is 8.23. The molecule has 3 rings (SSSR count). The van der Waals surface area contributed by atoms with E-state index in [0.717, 1.165) is 28.6 Å². The predicted molar refractivity (Wildman–Crippen MR) is 83.9 cm³/mol. The minimum absolute atomic E-state index is 0.307. The molecule has 0 atom stereocenters. The third-order valence-electron chi connectivity index (χ3n) is 3.51. The van der Waals surface area contributed by atoms with Crippen molar-refractivity contribution in [1.82, 2.24) is 0 Å². The second-order valence-electron chi connectivity index (χ2n) is 4.96. The smallest absolute Gasteiger partial charge is 0.175 e. The number of ketones is 1. The van der Waals surface area contributed by atoms with Crippen molar-refractivity contribution in [2.45, 2.75) is 26.2 Å². The molecule has 0 radical (unpaired) electrons. The van der Waals surface area contributed by atoms with Crippen LogP contribution in [0.15, 0.2) is 34.8 Å². The average Bonchev–Trinajstić information content (AvgIpc) is 3.15. The molecule has 1 aliphatic rings. The summed E-state index contributed by atoms with van der Waals surface area (Å²) in [4.78, 5) is 14.2. The van der Waals surface area contributed by atoms with Crippen molar-refractivity contribution in [2.75, 3.05) is 0 Å². The van der Waals surface area contributed by atoms with Gasteiger partial charge in [0.25, 0.3) is 0 Å². The summed E-state index contributed by atoms with van der Waals surface area (Å²) in [5.74, 6) is 0.647. The van der Waals surface area contributed by atoms with Gasteiger partial charge in [0.05, 0.1) is 4.88 Å². The number of carbonyl (C=O) groups excluding carboxylic acids is 1. The van der Waals surface area contributed by atoms with E-state index in [1.54, 1.807) is 11.3 Å². The molecule has 0 saturated heterocycles. The first kappa shape index (κ1) is 13.1. The molecule has 0 aliphatic heterocycles.